The van der Waals surface area contributed by atoms with Gasteiger partial charge < -0.3 is 28.5 Å². The lowest BCUT2D eigenvalue weighted by molar-refractivity contribution is -0.870. The Bertz CT molecular complexity index is 1330. The number of ether oxygens (including phenoxy) is 4. The largest absolute Gasteiger partial charge is 0.477 e. The maximum atomic E-state index is 12.9. The van der Waals surface area contributed by atoms with Crippen LogP contribution in [0.1, 0.15) is 341 Å². The summed E-state index contributed by atoms with van der Waals surface area (Å²) in [4.78, 5) is 37.5. The molecular weight excluding hydrogens is 971 g/mol. The van der Waals surface area contributed by atoms with Crippen LogP contribution in [-0.2, 0) is 33.3 Å². The Morgan fingerprint density at radius 1 is 0.385 bits per heavy atom. The van der Waals surface area contributed by atoms with Crippen LogP contribution in [-0.4, -0.2) is 87.4 Å². The third-order valence-electron chi connectivity index (χ3n) is 15.5. The highest BCUT2D eigenvalue weighted by Gasteiger charge is 2.25. The molecule has 0 fully saturated rings. The van der Waals surface area contributed by atoms with Crippen molar-refractivity contribution in [1.29, 1.82) is 0 Å². The van der Waals surface area contributed by atoms with E-state index in [0.717, 1.165) is 44.9 Å². The van der Waals surface area contributed by atoms with E-state index in [0.29, 0.717) is 17.4 Å². The fourth-order valence-corrected chi connectivity index (χ4v) is 10.2. The van der Waals surface area contributed by atoms with Crippen molar-refractivity contribution >= 4 is 17.9 Å². The Labute approximate surface area is 484 Å². The fraction of sp³-hybridized carbons (Fsp3) is 0.899. The van der Waals surface area contributed by atoms with E-state index in [4.69, 9.17) is 18.9 Å². The fourth-order valence-electron chi connectivity index (χ4n) is 10.2. The van der Waals surface area contributed by atoms with E-state index in [9.17, 15) is 19.5 Å². The number of likely N-dealkylation sites (N-methyl/N-ethyl adjacent to an activating group) is 1. The van der Waals surface area contributed by atoms with Crippen molar-refractivity contribution < 1.29 is 42.9 Å². The summed E-state index contributed by atoms with van der Waals surface area (Å²) in [7, 11) is 5.99. The van der Waals surface area contributed by atoms with E-state index in [1.165, 1.54) is 270 Å². The summed E-state index contributed by atoms with van der Waals surface area (Å²) in [6.07, 6.45) is 71.6. The lowest BCUT2D eigenvalue weighted by Gasteiger charge is -2.25. The van der Waals surface area contributed by atoms with Crippen molar-refractivity contribution in [2.24, 2.45) is 0 Å². The summed E-state index contributed by atoms with van der Waals surface area (Å²) >= 11 is 0. The monoisotopic (exact) mass is 1100 g/mol. The van der Waals surface area contributed by atoms with E-state index < -0.39 is 18.4 Å². The molecule has 0 aliphatic heterocycles. The van der Waals surface area contributed by atoms with E-state index in [1.54, 1.807) is 0 Å². The number of carbonyl (C=O) groups is 3. The first kappa shape index (κ1) is 75.8. The van der Waals surface area contributed by atoms with Crippen LogP contribution in [0.25, 0.3) is 0 Å². The number of unbranched alkanes of at least 4 members (excludes halogenated alkanes) is 45. The highest BCUT2D eigenvalue weighted by Crippen LogP contribution is 2.19. The van der Waals surface area contributed by atoms with Gasteiger partial charge in [-0.1, -0.05) is 308 Å². The molecule has 2 atom stereocenters. The Balaban J connectivity index is 3.96. The van der Waals surface area contributed by atoms with Gasteiger partial charge in [0.25, 0.3) is 6.29 Å². The smallest absolute Gasteiger partial charge is 0.361 e. The van der Waals surface area contributed by atoms with Gasteiger partial charge in [-0.3, -0.25) is 9.59 Å². The molecule has 0 bridgehead atoms. The average Bonchev–Trinajstić information content (AvgIpc) is 3.41. The molecule has 0 aliphatic carbocycles. The molecule has 0 saturated carbocycles. The molecular formula is C69H132NO8+. The molecule has 2 unspecified atom stereocenters. The number of quaternary nitrogens is 1. The maximum Gasteiger partial charge on any atom is 0.361 e. The molecule has 0 aromatic heterocycles. The van der Waals surface area contributed by atoms with Crippen LogP contribution < -0.4 is 0 Å². The molecule has 0 aromatic carbocycles. The third-order valence-corrected chi connectivity index (χ3v) is 15.5. The Morgan fingerprint density at radius 3 is 1.01 bits per heavy atom. The minimum Gasteiger partial charge on any atom is -0.477 e. The van der Waals surface area contributed by atoms with Crippen LogP contribution in [0.2, 0.25) is 0 Å². The molecule has 78 heavy (non-hydrogen) atoms. The molecule has 0 heterocycles. The van der Waals surface area contributed by atoms with Gasteiger partial charge in [0.1, 0.15) is 13.2 Å². The number of hydrogen-bond acceptors (Lipinski definition) is 7. The zero-order chi connectivity index (χ0) is 56.9. The Hall–Kier alpha value is -2.23. The summed E-state index contributed by atoms with van der Waals surface area (Å²) in [5, 5.41) is 9.72. The van der Waals surface area contributed by atoms with Crippen LogP contribution in [0.4, 0.5) is 0 Å². The van der Waals surface area contributed by atoms with E-state index in [-0.39, 0.29) is 38.2 Å². The second-order valence-electron chi connectivity index (χ2n) is 24.5. The van der Waals surface area contributed by atoms with Crippen LogP contribution in [0.5, 0.6) is 0 Å². The predicted molar refractivity (Wildman–Crippen MR) is 332 cm³/mol. The zero-order valence-corrected chi connectivity index (χ0v) is 52.6. The van der Waals surface area contributed by atoms with E-state index in [2.05, 4.69) is 38.2 Å². The van der Waals surface area contributed by atoms with Gasteiger partial charge in [-0.15, -0.1) is 0 Å². The van der Waals surface area contributed by atoms with Crippen LogP contribution in [0.15, 0.2) is 24.3 Å². The van der Waals surface area contributed by atoms with Gasteiger partial charge in [-0.2, -0.15) is 0 Å². The molecule has 0 radical (unpaired) electrons. The summed E-state index contributed by atoms with van der Waals surface area (Å²) in [5.74, 6) is -1.97. The molecule has 1 N–H and O–H groups in total. The zero-order valence-electron chi connectivity index (χ0n) is 52.6. The minimum atomic E-state index is -1.51. The van der Waals surface area contributed by atoms with Gasteiger partial charge in [0.15, 0.2) is 6.10 Å². The van der Waals surface area contributed by atoms with Crippen molar-refractivity contribution in [3.63, 3.8) is 0 Å². The number of esters is 2. The lowest BCUT2D eigenvalue weighted by atomic mass is 10.0. The second-order valence-corrected chi connectivity index (χ2v) is 24.5. The minimum absolute atomic E-state index is 0.174. The normalized spacial score (nSPS) is 12.8. The van der Waals surface area contributed by atoms with Crippen LogP contribution in [0.3, 0.4) is 0 Å². The number of nitrogens with zero attached hydrogens (tertiary/aromatic N) is 1. The highest BCUT2D eigenvalue weighted by molar-refractivity contribution is 5.71. The van der Waals surface area contributed by atoms with E-state index >= 15 is 0 Å². The quantitative estimate of drug-likeness (QED) is 0.0211. The number of carboxylic acids is 1. The van der Waals surface area contributed by atoms with Crippen molar-refractivity contribution in [2.45, 2.75) is 354 Å². The molecule has 0 aromatic rings. The van der Waals surface area contributed by atoms with Crippen molar-refractivity contribution in [2.75, 3.05) is 47.5 Å². The van der Waals surface area contributed by atoms with Gasteiger partial charge in [0.05, 0.1) is 34.4 Å². The standard InChI is InChI=1S/C69H131NO8/c1-6-8-10-12-14-16-18-20-22-24-25-26-27-28-29-30-31-32-33-34-35-36-37-38-39-40-41-42-43-44-46-48-50-52-54-56-58-60-67(72)78-65(64-77-69(68(73)74)75-62-61-70(3,4)5)63-76-66(71)59-57-55-53-51-49-47-45-23-21-19-17-15-13-11-9-7-2/h18,20,24-25,65,69H,6-17,19,21-23,26-64H2,1-5H3/p+1/b20-18-,25-24-. The predicted octanol–water partition coefficient (Wildman–Crippen LogP) is 20.6. The SMILES string of the molecule is CCCCCCC/C=C\C/C=C\CCCCCCCCCCCCCCCCCCCCCCCCCCCC(=O)OC(COC(=O)CCCCCCCCCCCCCCCCCC)COC(OCC[N+](C)(C)C)C(=O)O. The first-order valence-electron chi connectivity index (χ1n) is 34.0. The maximum absolute atomic E-state index is 12.9. The molecule has 0 rings (SSSR count). The van der Waals surface area contributed by atoms with Crippen LogP contribution in [0, 0.1) is 0 Å². The van der Waals surface area contributed by atoms with Crippen molar-refractivity contribution in [3.05, 3.63) is 24.3 Å². The number of hydrogen-bond donors (Lipinski definition) is 1. The Morgan fingerprint density at radius 2 is 0.692 bits per heavy atom. The van der Waals surface area contributed by atoms with Gasteiger partial charge in [0, 0.05) is 12.8 Å². The second kappa shape index (κ2) is 60.9. The summed E-state index contributed by atoms with van der Waals surface area (Å²) < 4.78 is 22.9. The molecule has 9 nitrogen and oxygen atoms in total. The molecule has 9 heteroatoms. The van der Waals surface area contributed by atoms with Crippen molar-refractivity contribution in [3.8, 4) is 0 Å². The number of carboxylic acid groups (broad SMARTS) is 1. The molecule has 0 spiro atoms. The highest BCUT2D eigenvalue weighted by atomic mass is 16.7. The number of aliphatic carboxylic acids is 1. The van der Waals surface area contributed by atoms with Crippen molar-refractivity contribution in [1.82, 2.24) is 0 Å². The molecule has 0 saturated heterocycles. The summed E-state index contributed by atoms with van der Waals surface area (Å²) in [6, 6.07) is 0. The molecule has 0 amide bonds. The summed E-state index contributed by atoms with van der Waals surface area (Å²) in [6.45, 7) is 4.93. The Kier molecular flexibility index (Phi) is 59.1. The molecule has 460 valence electrons. The van der Waals surface area contributed by atoms with E-state index in [1.807, 2.05) is 21.1 Å². The number of carbonyl (C=O) groups excluding carboxylic acids is 2. The topological polar surface area (TPSA) is 108 Å². The average molecular weight is 1100 g/mol. The first-order valence-corrected chi connectivity index (χ1v) is 34.0. The lowest BCUT2D eigenvalue weighted by Crippen LogP contribution is -2.40. The van der Waals surface area contributed by atoms with Crippen LogP contribution >= 0.6 is 0 Å². The van der Waals surface area contributed by atoms with Gasteiger partial charge in [-0.25, -0.2) is 4.79 Å². The van der Waals surface area contributed by atoms with Gasteiger partial charge in [0.2, 0.25) is 0 Å². The number of rotatable bonds is 64. The van der Waals surface area contributed by atoms with Gasteiger partial charge in [-0.05, 0) is 44.9 Å². The van der Waals surface area contributed by atoms with Gasteiger partial charge >= 0.3 is 17.9 Å². The number of allylic oxidation sites excluding steroid dienone is 4. The third kappa shape index (κ3) is 61.4. The molecule has 0 aliphatic rings. The first-order chi connectivity index (χ1) is 38.1. The summed E-state index contributed by atoms with van der Waals surface area (Å²) in [5.41, 5.74) is 0.